The number of Topliss-reactive ketones (excluding diaryl/α,β-unsaturated/α-hetero) is 1. The number of ketones is 1. The number of benzene rings is 1. The average molecular weight is 264 g/mol. The molecule has 1 aromatic rings. The summed E-state index contributed by atoms with van der Waals surface area (Å²) in [6, 6.07) is 8.74. The van der Waals surface area contributed by atoms with Crippen LogP contribution in [-0.2, 0) is 19.0 Å². The van der Waals surface area contributed by atoms with Crippen molar-refractivity contribution in [2.75, 3.05) is 14.2 Å². The SMILES string of the molecule is COC(OC)[C@H]1CC(=O)O[C@@H]1C(=O)c1ccccc1. The standard InChI is InChI=1S/C14H16O5/c1-17-14(18-2)10-8-11(15)19-13(10)12(16)9-6-4-3-5-7-9/h3-7,10,13-14H,8H2,1-2H3/t10-,13-/m0/s1. The highest BCUT2D eigenvalue weighted by Crippen LogP contribution is 2.29. The second-order valence-corrected chi connectivity index (χ2v) is 4.35. The van der Waals surface area contributed by atoms with E-state index in [0.29, 0.717) is 5.56 Å². The molecule has 2 atom stereocenters. The molecule has 5 heteroatoms. The lowest BCUT2D eigenvalue weighted by atomic mass is 9.94. The predicted molar refractivity (Wildman–Crippen MR) is 66.6 cm³/mol. The molecule has 1 aliphatic heterocycles. The third kappa shape index (κ3) is 2.83. The zero-order valence-electron chi connectivity index (χ0n) is 10.9. The van der Waals surface area contributed by atoms with Crippen molar-refractivity contribution in [2.45, 2.75) is 18.8 Å². The maximum atomic E-state index is 12.4. The van der Waals surface area contributed by atoms with Crippen LogP contribution in [0.2, 0.25) is 0 Å². The van der Waals surface area contributed by atoms with Crippen LogP contribution < -0.4 is 0 Å². The predicted octanol–water partition coefficient (Wildman–Crippen LogP) is 1.42. The third-order valence-electron chi connectivity index (χ3n) is 3.18. The normalized spacial score (nSPS) is 22.6. The molecular formula is C14H16O5. The Balaban J connectivity index is 2.21. The highest BCUT2D eigenvalue weighted by molar-refractivity contribution is 6.01. The fraction of sp³-hybridized carbons (Fsp3) is 0.429. The first-order chi connectivity index (χ1) is 9.17. The molecule has 1 aromatic carbocycles. The van der Waals surface area contributed by atoms with Crippen LogP contribution in [0.25, 0.3) is 0 Å². The summed E-state index contributed by atoms with van der Waals surface area (Å²) >= 11 is 0. The quantitative estimate of drug-likeness (QED) is 0.457. The minimum atomic E-state index is -0.847. The van der Waals surface area contributed by atoms with Crippen LogP contribution in [0.5, 0.6) is 0 Å². The van der Waals surface area contributed by atoms with E-state index in [4.69, 9.17) is 14.2 Å². The molecule has 1 fully saturated rings. The minimum Gasteiger partial charge on any atom is -0.453 e. The van der Waals surface area contributed by atoms with Crippen molar-refractivity contribution in [1.82, 2.24) is 0 Å². The molecule has 0 saturated carbocycles. The van der Waals surface area contributed by atoms with Gasteiger partial charge in [0.15, 0.2) is 12.4 Å². The van der Waals surface area contributed by atoms with Gasteiger partial charge in [-0.2, -0.15) is 0 Å². The summed E-state index contributed by atoms with van der Waals surface area (Å²) in [5.41, 5.74) is 0.512. The fourth-order valence-electron chi connectivity index (χ4n) is 2.28. The molecule has 0 N–H and O–H groups in total. The molecule has 102 valence electrons. The van der Waals surface area contributed by atoms with E-state index in [1.165, 1.54) is 14.2 Å². The van der Waals surface area contributed by atoms with Gasteiger partial charge in [0.25, 0.3) is 0 Å². The summed E-state index contributed by atoms with van der Waals surface area (Å²) in [6.45, 7) is 0. The summed E-state index contributed by atoms with van der Waals surface area (Å²) in [5, 5.41) is 0. The molecule has 19 heavy (non-hydrogen) atoms. The van der Waals surface area contributed by atoms with E-state index in [-0.39, 0.29) is 12.2 Å². The lowest BCUT2D eigenvalue weighted by Gasteiger charge is -2.23. The van der Waals surface area contributed by atoms with Gasteiger partial charge in [0.05, 0.1) is 12.3 Å². The van der Waals surface area contributed by atoms with Crippen LogP contribution in [0, 0.1) is 5.92 Å². The number of rotatable bonds is 5. The Bertz CT molecular complexity index is 452. The maximum Gasteiger partial charge on any atom is 0.307 e. The monoisotopic (exact) mass is 264 g/mol. The van der Waals surface area contributed by atoms with Crippen molar-refractivity contribution in [3.63, 3.8) is 0 Å². The molecule has 0 aliphatic carbocycles. The van der Waals surface area contributed by atoms with Crippen LogP contribution >= 0.6 is 0 Å². The minimum absolute atomic E-state index is 0.121. The second kappa shape index (κ2) is 5.95. The van der Waals surface area contributed by atoms with Gasteiger partial charge in [0, 0.05) is 19.8 Å². The van der Waals surface area contributed by atoms with Gasteiger partial charge in [-0.1, -0.05) is 30.3 Å². The lowest BCUT2D eigenvalue weighted by Crippen LogP contribution is -2.36. The first kappa shape index (κ1) is 13.7. The van der Waals surface area contributed by atoms with E-state index in [0.717, 1.165) is 0 Å². The number of methoxy groups -OCH3 is 2. The van der Waals surface area contributed by atoms with E-state index < -0.39 is 24.3 Å². The third-order valence-corrected chi connectivity index (χ3v) is 3.18. The van der Waals surface area contributed by atoms with Crippen molar-refractivity contribution in [3.05, 3.63) is 35.9 Å². The Morgan fingerprint density at radius 2 is 1.89 bits per heavy atom. The Morgan fingerprint density at radius 3 is 2.47 bits per heavy atom. The van der Waals surface area contributed by atoms with Crippen LogP contribution in [-0.4, -0.2) is 38.4 Å². The number of carbonyl (C=O) groups excluding carboxylic acids is 2. The van der Waals surface area contributed by atoms with E-state index >= 15 is 0 Å². The van der Waals surface area contributed by atoms with Gasteiger partial charge in [0.1, 0.15) is 0 Å². The van der Waals surface area contributed by atoms with E-state index in [9.17, 15) is 9.59 Å². The summed E-state index contributed by atoms with van der Waals surface area (Å²) < 4.78 is 15.4. The van der Waals surface area contributed by atoms with Crippen LogP contribution in [0.3, 0.4) is 0 Å². The molecule has 0 bridgehead atoms. The Labute approximate surface area is 111 Å². The first-order valence-electron chi connectivity index (χ1n) is 6.01. The zero-order valence-corrected chi connectivity index (χ0v) is 10.9. The molecule has 1 aliphatic rings. The molecule has 0 amide bonds. The van der Waals surface area contributed by atoms with Crippen LogP contribution in [0.4, 0.5) is 0 Å². The number of cyclic esters (lactones) is 1. The second-order valence-electron chi connectivity index (χ2n) is 4.35. The molecule has 0 unspecified atom stereocenters. The molecular weight excluding hydrogens is 248 g/mol. The van der Waals surface area contributed by atoms with Crippen molar-refractivity contribution in [3.8, 4) is 0 Å². The number of hydrogen-bond acceptors (Lipinski definition) is 5. The smallest absolute Gasteiger partial charge is 0.307 e. The van der Waals surface area contributed by atoms with Crippen molar-refractivity contribution in [1.29, 1.82) is 0 Å². The zero-order chi connectivity index (χ0) is 13.8. The Morgan fingerprint density at radius 1 is 1.26 bits per heavy atom. The summed E-state index contributed by atoms with van der Waals surface area (Å²) in [4.78, 5) is 23.8. The van der Waals surface area contributed by atoms with Gasteiger partial charge >= 0.3 is 5.97 Å². The molecule has 2 rings (SSSR count). The molecule has 1 saturated heterocycles. The number of ether oxygens (including phenoxy) is 3. The van der Waals surface area contributed by atoms with Gasteiger partial charge in [-0.3, -0.25) is 9.59 Å². The van der Waals surface area contributed by atoms with Gasteiger partial charge < -0.3 is 14.2 Å². The number of hydrogen-bond donors (Lipinski definition) is 0. The van der Waals surface area contributed by atoms with E-state index in [1.54, 1.807) is 24.3 Å². The van der Waals surface area contributed by atoms with Gasteiger partial charge in [0.2, 0.25) is 5.78 Å². The molecule has 0 spiro atoms. The van der Waals surface area contributed by atoms with E-state index in [2.05, 4.69) is 0 Å². The molecule has 1 heterocycles. The number of carbonyl (C=O) groups is 2. The van der Waals surface area contributed by atoms with Crippen LogP contribution in [0.15, 0.2) is 30.3 Å². The maximum absolute atomic E-state index is 12.4. The first-order valence-corrected chi connectivity index (χ1v) is 6.01. The molecule has 0 aromatic heterocycles. The largest absolute Gasteiger partial charge is 0.453 e. The van der Waals surface area contributed by atoms with Crippen molar-refractivity contribution >= 4 is 11.8 Å². The van der Waals surface area contributed by atoms with Gasteiger partial charge in [-0.25, -0.2) is 0 Å². The highest BCUT2D eigenvalue weighted by atomic mass is 16.7. The van der Waals surface area contributed by atoms with E-state index in [1.807, 2.05) is 6.07 Å². The number of esters is 1. The summed E-state index contributed by atoms with van der Waals surface area (Å²) in [7, 11) is 2.95. The van der Waals surface area contributed by atoms with Gasteiger partial charge in [-0.05, 0) is 0 Å². The molecule has 0 radical (unpaired) electrons. The molecule has 5 nitrogen and oxygen atoms in total. The van der Waals surface area contributed by atoms with Crippen molar-refractivity contribution in [2.24, 2.45) is 5.92 Å². The van der Waals surface area contributed by atoms with Crippen molar-refractivity contribution < 1.29 is 23.8 Å². The Hall–Kier alpha value is -1.72. The van der Waals surface area contributed by atoms with Crippen LogP contribution in [0.1, 0.15) is 16.8 Å². The summed E-state index contributed by atoms with van der Waals surface area (Å²) in [6.07, 6.45) is -1.36. The average Bonchev–Trinajstić information content (AvgIpc) is 2.82. The van der Waals surface area contributed by atoms with Gasteiger partial charge in [-0.15, -0.1) is 0 Å². The highest BCUT2D eigenvalue weighted by Gasteiger charge is 2.44. The fourth-order valence-corrected chi connectivity index (χ4v) is 2.28. The lowest BCUT2D eigenvalue weighted by molar-refractivity contribution is -0.146. The Kier molecular flexibility index (Phi) is 4.29. The summed E-state index contributed by atoms with van der Waals surface area (Å²) in [5.74, 6) is -1.05. The topological polar surface area (TPSA) is 61.8 Å².